The lowest BCUT2D eigenvalue weighted by atomic mass is 9.88. The first-order valence-corrected chi connectivity index (χ1v) is 7.09. The molecule has 0 aromatic heterocycles. The van der Waals surface area contributed by atoms with Crippen LogP contribution < -0.4 is 5.32 Å². The van der Waals surface area contributed by atoms with E-state index in [1.807, 2.05) is 0 Å². The van der Waals surface area contributed by atoms with Crippen LogP contribution in [0.3, 0.4) is 0 Å². The summed E-state index contributed by atoms with van der Waals surface area (Å²) in [5.74, 6) is 0.706. The number of benzene rings is 2. The highest BCUT2D eigenvalue weighted by atomic mass is 14.9. The molecule has 0 amide bonds. The normalized spacial score (nSPS) is 17.7. The molecular weight excluding hydrogens is 230 g/mol. The largest absolute Gasteiger partial charge is 0.385 e. The number of rotatable bonds is 2. The quantitative estimate of drug-likeness (QED) is 0.846. The number of hydrogen-bond donors (Lipinski definition) is 1. The van der Waals surface area contributed by atoms with Gasteiger partial charge in [0.2, 0.25) is 0 Å². The van der Waals surface area contributed by atoms with Crippen LogP contribution in [0.25, 0.3) is 0 Å². The topological polar surface area (TPSA) is 12.0 Å². The summed E-state index contributed by atoms with van der Waals surface area (Å²) in [5, 5.41) is 3.57. The summed E-state index contributed by atoms with van der Waals surface area (Å²) in [7, 11) is 0. The fourth-order valence-electron chi connectivity index (χ4n) is 2.90. The first kappa shape index (κ1) is 12.3. The first-order chi connectivity index (χ1) is 9.20. The predicted molar refractivity (Wildman–Crippen MR) is 81.7 cm³/mol. The van der Waals surface area contributed by atoms with Crippen molar-refractivity contribution in [1.29, 1.82) is 0 Å². The summed E-state index contributed by atoms with van der Waals surface area (Å²) in [6.07, 6.45) is 2.36. The van der Waals surface area contributed by atoms with Gasteiger partial charge in [-0.2, -0.15) is 0 Å². The monoisotopic (exact) mass is 251 g/mol. The van der Waals surface area contributed by atoms with Crippen molar-refractivity contribution in [1.82, 2.24) is 0 Å². The fraction of sp³-hybridized carbons (Fsp3) is 0.333. The summed E-state index contributed by atoms with van der Waals surface area (Å²) >= 11 is 0. The van der Waals surface area contributed by atoms with Crippen molar-refractivity contribution in [3.05, 3.63) is 64.7 Å². The Bertz CT molecular complexity index is 569. The van der Waals surface area contributed by atoms with Crippen molar-refractivity contribution in [3.63, 3.8) is 0 Å². The molecule has 3 rings (SSSR count). The summed E-state index contributed by atoms with van der Waals surface area (Å²) in [6, 6.07) is 15.7. The number of fused-ring (bicyclic) bond motifs is 1. The van der Waals surface area contributed by atoms with E-state index in [9.17, 15) is 0 Å². The van der Waals surface area contributed by atoms with Crippen molar-refractivity contribution in [3.8, 4) is 0 Å². The molecule has 0 saturated heterocycles. The van der Waals surface area contributed by atoms with E-state index in [4.69, 9.17) is 0 Å². The number of aryl methyl sites for hydroxylation is 2. The maximum atomic E-state index is 3.57. The molecule has 2 aromatic carbocycles. The second kappa shape index (κ2) is 5.08. The van der Waals surface area contributed by atoms with Gasteiger partial charge in [0.25, 0.3) is 0 Å². The minimum absolute atomic E-state index is 0.706. The average molecular weight is 251 g/mol. The Labute approximate surface area is 115 Å². The summed E-state index contributed by atoms with van der Waals surface area (Å²) < 4.78 is 0. The zero-order valence-electron chi connectivity index (χ0n) is 11.7. The molecule has 1 unspecified atom stereocenters. The van der Waals surface area contributed by atoms with Gasteiger partial charge in [0.15, 0.2) is 0 Å². The molecule has 0 spiro atoms. The van der Waals surface area contributed by atoms with E-state index in [1.54, 1.807) is 0 Å². The molecule has 1 aliphatic heterocycles. The van der Waals surface area contributed by atoms with E-state index < -0.39 is 0 Å². The Morgan fingerprint density at radius 3 is 2.53 bits per heavy atom. The fourth-order valence-corrected chi connectivity index (χ4v) is 2.90. The second-order valence-electron chi connectivity index (χ2n) is 5.80. The van der Waals surface area contributed by atoms with Crippen LogP contribution in [0.15, 0.2) is 42.5 Å². The van der Waals surface area contributed by atoms with Gasteiger partial charge in [-0.15, -0.1) is 0 Å². The second-order valence-corrected chi connectivity index (χ2v) is 5.80. The third kappa shape index (κ3) is 2.81. The lowest BCUT2D eigenvalue weighted by Crippen LogP contribution is -2.24. The Hall–Kier alpha value is -1.76. The molecule has 0 saturated carbocycles. The Balaban J connectivity index is 1.73. The maximum absolute atomic E-state index is 3.57. The number of hydrogen-bond acceptors (Lipinski definition) is 1. The summed E-state index contributed by atoms with van der Waals surface area (Å²) in [5.41, 5.74) is 6.95. The van der Waals surface area contributed by atoms with Gasteiger partial charge in [-0.05, 0) is 49.8 Å². The molecule has 0 radical (unpaired) electrons. The van der Waals surface area contributed by atoms with E-state index >= 15 is 0 Å². The Morgan fingerprint density at radius 1 is 1.00 bits per heavy atom. The number of anilines is 1. The van der Waals surface area contributed by atoms with Crippen LogP contribution in [0.2, 0.25) is 0 Å². The van der Waals surface area contributed by atoms with Gasteiger partial charge in [0.1, 0.15) is 0 Å². The van der Waals surface area contributed by atoms with E-state index in [0.717, 1.165) is 6.54 Å². The van der Waals surface area contributed by atoms with Crippen molar-refractivity contribution in [2.24, 2.45) is 5.92 Å². The average Bonchev–Trinajstić information content (AvgIpc) is 2.41. The van der Waals surface area contributed by atoms with Crippen molar-refractivity contribution >= 4 is 5.69 Å². The molecule has 1 atom stereocenters. The molecule has 0 bridgehead atoms. The van der Waals surface area contributed by atoms with Crippen molar-refractivity contribution < 1.29 is 0 Å². The molecule has 1 N–H and O–H groups in total. The molecule has 0 fully saturated rings. The summed E-state index contributed by atoms with van der Waals surface area (Å²) in [4.78, 5) is 0. The smallest absolute Gasteiger partial charge is 0.0373 e. The summed E-state index contributed by atoms with van der Waals surface area (Å²) in [6.45, 7) is 5.40. The van der Waals surface area contributed by atoms with Gasteiger partial charge < -0.3 is 5.32 Å². The highest BCUT2D eigenvalue weighted by Crippen LogP contribution is 2.27. The van der Waals surface area contributed by atoms with Crippen LogP contribution in [0.4, 0.5) is 5.69 Å². The third-order valence-corrected chi connectivity index (χ3v) is 4.00. The predicted octanol–water partition coefficient (Wildman–Crippen LogP) is 4.13. The molecule has 2 aromatic rings. The molecule has 1 nitrogen and oxygen atoms in total. The van der Waals surface area contributed by atoms with Crippen molar-refractivity contribution in [2.45, 2.75) is 26.7 Å². The van der Waals surface area contributed by atoms with Crippen LogP contribution in [-0.2, 0) is 12.8 Å². The molecule has 19 heavy (non-hydrogen) atoms. The van der Waals surface area contributed by atoms with Crippen LogP contribution in [0.5, 0.6) is 0 Å². The van der Waals surface area contributed by atoms with Gasteiger partial charge in [-0.1, -0.05) is 47.5 Å². The Kier molecular flexibility index (Phi) is 3.29. The minimum atomic E-state index is 0.706. The van der Waals surface area contributed by atoms with Gasteiger partial charge in [0, 0.05) is 12.2 Å². The maximum Gasteiger partial charge on any atom is 0.0373 e. The highest BCUT2D eigenvalue weighted by Gasteiger charge is 2.18. The Morgan fingerprint density at radius 2 is 1.74 bits per heavy atom. The zero-order valence-corrected chi connectivity index (χ0v) is 11.7. The van der Waals surface area contributed by atoms with Crippen LogP contribution in [-0.4, -0.2) is 6.54 Å². The lowest BCUT2D eigenvalue weighted by molar-refractivity contribution is 0.535. The SMILES string of the molecule is Cc1ccc(CC2CNc3ccc(C)cc3C2)cc1. The van der Waals surface area contributed by atoms with Gasteiger partial charge in [-0.25, -0.2) is 0 Å². The minimum Gasteiger partial charge on any atom is -0.385 e. The molecule has 1 heteroatoms. The molecule has 1 aliphatic rings. The van der Waals surface area contributed by atoms with E-state index in [-0.39, 0.29) is 0 Å². The van der Waals surface area contributed by atoms with E-state index in [0.29, 0.717) is 5.92 Å². The third-order valence-electron chi connectivity index (χ3n) is 4.00. The zero-order chi connectivity index (χ0) is 13.2. The first-order valence-electron chi connectivity index (χ1n) is 7.09. The van der Waals surface area contributed by atoms with Crippen molar-refractivity contribution in [2.75, 3.05) is 11.9 Å². The molecular formula is C18H21N. The van der Waals surface area contributed by atoms with E-state index in [2.05, 4.69) is 61.6 Å². The highest BCUT2D eigenvalue weighted by molar-refractivity contribution is 5.54. The standard InChI is InChI=1S/C18H21N/c1-13-3-6-15(7-4-13)10-16-11-17-9-14(2)5-8-18(17)19-12-16/h3-9,16,19H,10-12H2,1-2H3. The molecule has 1 heterocycles. The number of nitrogens with one attached hydrogen (secondary N) is 1. The van der Waals surface area contributed by atoms with Gasteiger partial charge in [0.05, 0.1) is 0 Å². The van der Waals surface area contributed by atoms with Crippen LogP contribution in [0, 0.1) is 19.8 Å². The molecule has 0 aliphatic carbocycles. The van der Waals surface area contributed by atoms with Crippen LogP contribution >= 0.6 is 0 Å². The van der Waals surface area contributed by atoms with Crippen LogP contribution in [0.1, 0.15) is 22.3 Å². The van der Waals surface area contributed by atoms with Gasteiger partial charge >= 0.3 is 0 Å². The van der Waals surface area contributed by atoms with E-state index in [1.165, 1.54) is 40.8 Å². The molecule has 98 valence electrons. The van der Waals surface area contributed by atoms with Gasteiger partial charge in [-0.3, -0.25) is 0 Å². The lowest BCUT2D eigenvalue weighted by Gasteiger charge is -2.26.